The number of rotatable bonds is 2. The van der Waals surface area contributed by atoms with Crippen molar-refractivity contribution >= 4 is 16.9 Å². The number of hydrogen-bond donors (Lipinski definition) is 2. The topological polar surface area (TPSA) is 93.5 Å². The maximum atomic E-state index is 15.0. The first-order valence-electron chi connectivity index (χ1n) is 12.5. The molecule has 1 aliphatic carbocycles. The lowest BCUT2D eigenvalue weighted by Crippen LogP contribution is -2.44. The third kappa shape index (κ3) is 3.07. The smallest absolute Gasteiger partial charge is 0.343 e. The van der Waals surface area contributed by atoms with Gasteiger partial charge in [-0.2, -0.15) is 0 Å². The second-order valence-corrected chi connectivity index (χ2v) is 11.3. The summed E-state index contributed by atoms with van der Waals surface area (Å²) in [4.78, 5) is 31.0. The number of nitrogens with zero attached hydrogens (tertiary/aromatic N) is 2. The number of carbonyl (C=O) groups excluding carboxylic acids is 1. The number of aryl methyl sites for hydroxylation is 1. The van der Waals surface area contributed by atoms with Gasteiger partial charge >= 0.3 is 5.97 Å². The number of pyridine rings is 2. The van der Waals surface area contributed by atoms with Gasteiger partial charge in [-0.15, -0.1) is 0 Å². The zero-order chi connectivity index (χ0) is 25.7. The van der Waals surface area contributed by atoms with Crippen molar-refractivity contribution in [3.05, 3.63) is 61.7 Å². The summed E-state index contributed by atoms with van der Waals surface area (Å²) in [5.41, 5.74) is 3.55. The minimum Gasteiger partial charge on any atom is -0.458 e. The van der Waals surface area contributed by atoms with E-state index >= 15 is 0 Å². The van der Waals surface area contributed by atoms with Gasteiger partial charge in [-0.1, -0.05) is 6.92 Å². The van der Waals surface area contributed by atoms with Gasteiger partial charge in [-0.3, -0.25) is 4.79 Å². The Hall–Kier alpha value is -3.10. The van der Waals surface area contributed by atoms with Crippen LogP contribution in [-0.2, 0) is 34.7 Å². The molecule has 2 N–H and O–H groups in total. The van der Waals surface area contributed by atoms with Crippen LogP contribution in [0, 0.1) is 12.7 Å². The summed E-state index contributed by atoms with van der Waals surface area (Å²) in [5, 5.41) is 15.9. The molecule has 188 valence electrons. The molecule has 2 aliphatic heterocycles. The predicted molar refractivity (Wildman–Crippen MR) is 133 cm³/mol. The highest BCUT2D eigenvalue weighted by Gasteiger charge is 2.46. The Balaban J connectivity index is 1.67. The summed E-state index contributed by atoms with van der Waals surface area (Å²) in [5.74, 6) is -1.04. The van der Waals surface area contributed by atoms with Gasteiger partial charge in [0.1, 0.15) is 12.4 Å². The van der Waals surface area contributed by atoms with E-state index in [0.717, 1.165) is 34.9 Å². The highest BCUT2D eigenvalue weighted by Crippen LogP contribution is 2.46. The van der Waals surface area contributed by atoms with Crippen LogP contribution in [0.3, 0.4) is 0 Å². The van der Waals surface area contributed by atoms with Crippen molar-refractivity contribution in [3.8, 4) is 11.4 Å². The lowest BCUT2D eigenvalue weighted by molar-refractivity contribution is -0.172. The Morgan fingerprint density at radius 2 is 2.00 bits per heavy atom. The monoisotopic (exact) mass is 491 g/mol. The zero-order valence-corrected chi connectivity index (χ0v) is 21.2. The molecule has 0 bridgehead atoms. The molecular weight excluding hydrogens is 461 g/mol. The van der Waals surface area contributed by atoms with Crippen LogP contribution in [0.4, 0.5) is 4.39 Å². The number of benzene rings is 1. The molecule has 0 unspecified atom stereocenters. The van der Waals surface area contributed by atoms with Crippen molar-refractivity contribution in [2.75, 3.05) is 0 Å². The van der Waals surface area contributed by atoms with Gasteiger partial charge in [-0.25, -0.2) is 14.2 Å². The highest BCUT2D eigenvalue weighted by molar-refractivity contribution is 5.93. The molecular formula is C28H30FN3O4. The Kier molecular flexibility index (Phi) is 4.83. The van der Waals surface area contributed by atoms with Gasteiger partial charge in [0.25, 0.3) is 5.56 Å². The van der Waals surface area contributed by atoms with Crippen LogP contribution in [0.15, 0.2) is 16.9 Å². The fourth-order valence-electron chi connectivity index (χ4n) is 6.22. The number of carbonyl (C=O) groups is 1. The van der Waals surface area contributed by atoms with Crippen LogP contribution in [0.5, 0.6) is 0 Å². The third-order valence-electron chi connectivity index (χ3n) is 7.99. The number of nitrogens with one attached hydrogen (secondary N) is 1. The molecule has 0 saturated heterocycles. The second-order valence-electron chi connectivity index (χ2n) is 11.3. The Labute approximate surface area is 208 Å². The summed E-state index contributed by atoms with van der Waals surface area (Å²) in [6.07, 6.45) is 1.63. The van der Waals surface area contributed by atoms with Crippen molar-refractivity contribution in [2.24, 2.45) is 0 Å². The molecule has 0 radical (unpaired) electrons. The average Bonchev–Trinajstić information content (AvgIpc) is 3.18. The molecule has 0 fully saturated rings. The molecule has 0 saturated carbocycles. The van der Waals surface area contributed by atoms with E-state index in [-0.39, 0.29) is 41.5 Å². The van der Waals surface area contributed by atoms with Gasteiger partial charge in [-0.05, 0) is 69.7 Å². The maximum Gasteiger partial charge on any atom is 0.343 e. The second kappa shape index (κ2) is 7.46. The van der Waals surface area contributed by atoms with E-state index in [1.165, 1.54) is 6.07 Å². The van der Waals surface area contributed by atoms with Crippen LogP contribution < -0.4 is 10.9 Å². The molecule has 36 heavy (non-hydrogen) atoms. The molecule has 7 nitrogen and oxygen atoms in total. The number of ether oxygens (including phenoxy) is 1. The van der Waals surface area contributed by atoms with Crippen LogP contribution in [0.2, 0.25) is 0 Å². The molecule has 3 aromatic rings. The number of halogens is 1. The molecule has 3 aliphatic rings. The van der Waals surface area contributed by atoms with Crippen LogP contribution >= 0.6 is 0 Å². The summed E-state index contributed by atoms with van der Waals surface area (Å²) in [7, 11) is 0. The van der Waals surface area contributed by atoms with Gasteiger partial charge in [0.05, 0.1) is 29.0 Å². The summed E-state index contributed by atoms with van der Waals surface area (Å²) in [6.45, 7) is 10.0. The Bertz CT molecular complexity index is 1550. The quantitative estimate of drug-likeness (QED) is 0.413. The molecule has 0 amide bonds. The molecule has 1 aromatic carbocycles. The van der Waals surface area contributed by atoms with Crippen molar-refractivity contribution in [1.29, 1.82) is 0 Å². The normalized spacial score (nSPS) is 22.3. The van der Waals surface area contributed by atoms with Crippen LogP contribution in [0.25, 0.3) is 22.3 Å². The number of cyclic esters (lactones) is 1. The SMILES string of the molecule is CC[C@]1(O)C(=O)OCc2c1cc1n(c2=O)Cc2c-1nc1cc(F)c(C)c3c1c2[C@H](NC(C)(C)C)CC3. The average molecular weight is 492 g/mol. The van der Waals surface area contributed by atoms with Gasteiger partial charge in [0.2, 0.25) is 0 Å². The molecule has 2 aromatic heterocycles. The molecule has 6 rings (SSSR count). The minimum atomic E-state index is -1.89. The molecule has 4 heterocycles. The van der Waals surface area contributed by atoms with E-state index in [1.54, 1.807) is 17.6 Å². The largest absolute Gasteiger partial charge is 0.458 e. The Morgan fingerprint density at radius 1 is 1.25 bits per heavy atom. The predicted octanol–water partition coefficient (Wildman–Crippen LogP) is 3.90. The highest BCUT2D eigenvalue weighted by atomic mass is 19.1. The Morgan fingerprint density at radius 3 is 2.69 bits per heavy atom. The molecule has 2 atom stereocenters. The number of fused-ring (bicyclic) bond motifs is 5. The van der Waals surface area contributed by atoms with Gasteiger partial charge < -0.3 is 19.7 Å². The first-order valence-corrected chi connectivity index (χ1v) is 12.5. The zero-order valence-electron chi connectivity index (χ0n) is 21.2. The summed E-state index contributed by atoms with van der Waals surface area (Å²) >= 11 is 0. The van der Waals surface area contributed by atoms with Crippen molar-refractivity contribution in [1.82, 2.24) is 14.9 Å². The number of aliphatic hydroxyl groups is 1. The number of esters is 1. The van der Waals surface area contributed by atoms with E-state index < -0.39 is 11.6 Å². The fourth-order valence-corrected chi connectivity index (χ4v) is 6.22. The summed E-state index contributed by atoms with van der Waals surface area (Å²) < 4.78 is 21.8. The van der Waals surface area contributed by atoms with E-state index in [4.69, 9.17) is 9.72 Å². The van der Waals surface area contributed by atoms with E-state index in [9.17, 15) is 19.1 Å². The van der Waals surface area contributed by atoms with Crippen molar-refractivity contribution in [2.45, 2.75) is 84.2 Å². The fraction of sp³-hybridized carbons (Fsp3) is 0.464. The first-order chi connectivity index (χ1) is 16.9. The third-order valence-corrected chi connectivity index (χ3v) is 7.99. The number of hydrogen-bond acceptors (Lipinski definition) is 6. The van der Waals surface area contributed by atoms with E-state index in [2.05, 4.69) is 26.1 Å². The maximum absolute atomic E-state index is 15.0. The van der Waals surface area contributed by atoms with E-state index in [1.807, 2.05) is 6.92 Å². The van der Waals surface area contributed by atoms with Gasteiger partial charge in [0, 0.05) is 34.2 Å². The van der Waals surface area contributed by atoms with Gasteiger partial charge in [0.15, 0.2) is 5.60 Å². The molecule has 8 heteroatoms. The van der Waals surface area contributed by atoms with Crippen LogP contribution in [0.1, 0.15) is 80.0 Å². The van der Waals surface area contributed by atoms with Crippen molar-refractivity contribution in [3.63, 3.8) is 0 Å². The standard InChI is InChI=1S/C28H30FN3O4/c1-6-28(35)17-9-21-24-15(11-32(21)25(33)16(17)12-36-26(28)34)23-19(31-27(3,4)5)8-7-14-13(2)18(29)10-20(30-24)22(14)23/h9-10,19,31,35H,6-8,11-12H2,1-5H3/t19-,28-/m1/s1. The number of aromatic nitrogens is 2. The lowest BCUT2D eigenvalue weighted by Gasteiger charge is -2.34. The lowest BCUT2D eigenvalue weighted by atomic mass is 9.81. The minimum absolute atomic E-state index is 0.0127. The van der Waals surface area contributed by atoms with Crippen LogP contribution in [-0.4, -0.2) is 26.2 Å². The first kappa shape index (κ1) is 23.3. The molecule has 0 spiro atoms. The van der Waals surface area contributed by atoms with E-state index in [0.29, 0.717) is 34.6 Å². The van der Waals surface area contributed by atoms with Crippen molar-refractivity contribution < 1.29 is 19.0 Å². The summed E-state index contributed by atoms with van der Waals surface area (Å²) in [6, 6.07) is 3.20.